The lowest BCUT2D eigenvalue weighted by Gasteiger charge is -2.08. The molecule has 0 spiro atoms. The van der Waals surface area contributed by atoms with Gasteiger partial charge in [0.2, 0.25) is 0 Å². The van der Waals surface area contributed by atoms with Crippen LogP contribution in [0.4, 0.5) is 0 Å². The van der Waals surface area contributed by atoms with Gasteiger partial charge in [-0.15, -0.1) is 0 Å². The highest BCUT2D eigenvalue weighted by Crippen LogP contribution is 2.26. The number of hydrogen-bond acceptors (Lipinski definition) is 2. The maximum absolute atomic E-state index is 5.15. The Bertz CT molecular complexity index is 552. The second kappa shape index (κ2) is 5.85. The second-order valence-electron chi connectivity index (χ2n) is 4.03. The largest absolute Gasteiger partial charge is 0.497 e. The number of nitrogens with zero attached hydrogens (tertiary/aromatic N) is 1. The lowest BCUT2D eigenvalue weighted by Crippen LogP contribution is -1.95. The van der Waals surface area contributed by atoms with E-state index in [2.05, 4.69) is 49.0 Å². The van der Waals surface area contributed by atoms with E-state index < -0.39 is 0 Å². The molecule has 1 aromatic carbocycles. The molecule has 1 aromatic heterocycles. The highest BCUT2D eigenvalue weighted by atomic mass is 79.9. The first-order valence-corrected chi connectivity index (χ1v) is 7.13. The smallest absolute Gasteiger partial charge is 0.118 e. The van der Waals surface area contributed by atoms with Crippen molar-refractivity contribution in [3.8, 4) is 5.75 Å². The van der Waals surface area contributed by atoms with Crippen molar-refractivity contribution in [2.24, 2.45) is 0 Å². The zero-order chi connectivity index (χ0) is 13.1. The van der Waals surface area contributed by atoms with E-state index in [9.17, 15) is 0 Å². The van der Waals surface area contributed by atoms with Crippen LogP contribution in [0.3, 0.4) is 0 Å². The van der Waals surface area contributed by atoms with E-state index >= 15 is 0 Å². The number of halogens is 2. The number of pyridine rings is 1. The summed E-state index contributed by atoms with van der Waals surface area (Å²) >= 11 is 7.02. The SMILES string of the molecule is COc1ccc(Cc2cc(Br)nc(C)c2Br)cc1. The van der Waals surface area contributed by atoms with Crippen LogP contribution in [-0.4, -0.2) is 12.1 Å². The maximum Gasteiger partial charge on any atom is 0.118 e. The van der Waals surface area contributed by atoms with E-state index in [4.69, 9.17) is 4.74 Å². The summed E-state index contributed by atoms with van der Waals surface area (Å²) in [5.41, 5.74) is 3.46. The lowest BCUT2D eigenvalue weighted by atomic mass is 10.1. The molecule has 0 saturated heterocycles. The molecule has 0 saturated carbocycles. The van der Waals surface area contributed by atoms with Gasteiger partial charge in [0, 0.05) is 4.47 Å². The Labute approximate surface area is 124 Å². The van der Waals surface area contributed by atoms with Gasteiger partial charge in [-0.2, -0.15) is 0 Å². The van der Waals surface area contributed by atoms with Gasteiger partial charge in [-0.3, -0.25) is 0 Å². The molecule has 4 heteroatoms. The molecule has 0 fully saturated rings. The molecule has 0 radical (unpaired) electrons. The van der Waals surface area contributed by atoms with Crippen LogP contribution in [0.25, 0.3) is 0 Å². The minimum Gasteiger partial charge on any atom is -0.497 e. The minimum atomic E-state index is 0.867. The first-order chi connectivity index (χ1) is 8.60. The summed E-state index contributed by atoms with van der Waals surface area (Å²) in [6.45, 7) is 1.99. The molecule has 94 valence electrons. The van der Waals surface area contributed by atoms with Crippen molar-refractivity contribution in [2.45, 2.75) is 13.3 Å². The number of methoxy groups -OCH3 is 1. The molecule has 0 aliphatic carbocycles. The van der Waals surface area contributed by atoms with Crippen molar-refractivity contribution in [2.75, 3.05) is 7.11 Å². The molecule has 18 heavy (non-hydrogen) atoms. The summed E-state index contributed by atoms with van der Waals surface area (Å²) in [4.78, 5) is 4.35. The lowest BCUT2D eigenvalue weighted by molar-refractivity contribution is 0.414. The molecule has 0 aliphatic heterocycles. The van der Waals surface area contributed by atoms with Crippen LogP contribution in [0.15, 0.2) is 39.4 Å². The van der Waals surface area contributed by atoms with E-state index in [1.165, 1.54) is 11.1 Å². The summed E-state index contributed by atoms with van der Waals surface area (Å²) in [5.74, 6) is 0.880. The van der Waals surface area contributed by atoms with Crippen molar-refractivity contribution in [1.82, 2.24) is 4.98 Å². The fourth-order valence-electron chi connectivity index (χ4n) is 1.77. The molecule has 0 unspecified atom stereocenters. The molecule has 1 heterocycles. The van der Waals surface area contributed by atoms with Gasteiger partial charge in [0.15, 0.2) is 0 Å². The number of rotatable bonds is 3. The zero-order valence-electron chi connectivity index (χ0n) is 10.2. The van der Waals surface area contributed by atoms with Gasteiger partial charge in [0.25, 0.3) is 0 Å². The molecule has 0 bridgehead atoms. The number of ether oxygens (including phenoxy) is 1. The van der Waals surface area contributed by atoms with Gasteiger partial charge in [0.1, 0.15) is 10.4 Å². The standard InChI is InChI=1S/C14H13Br2NO/c1-9-14(16)11(8-13(15)17-9)7-10-3-5-12(18-2)6-4-10/h3-6,8H,7H2,1-2H3. The second-order valence-corrected chi connectivity index (χ2v) is 5.63. The molecular weight excluding hydrogens is 358 g/mol. The number of aromatic nitrogens is 1. The van der Waals surface area contributed by atoms with Crippen molar-refractivity contribution in [1.29, 1.82) is 0 Å². The molecule has 2 rings (SSSR count). The van der Waals surface area contributed by atoms with E-state index in [-0.39, 0.29) is 0 Å². The average Bonchev–Trinajstić information content (AvgIpc) is 2.36. The van der Waals surface area contributed by atoms with Crippen molar-refractivity contribution < 1.29 is 4.74 Å². The summed E-state index contributed by atoms with van der Waals surface area (Å²) in [6.07, 6.45) is 0.868. The van der Waals surface area contributed by atoms with Gasteiger partial charge in [-0.25, -0.2) is 4.98 Å². The fourth-order valence-corrected chi connectivity index (χ4v) is 2.66. The third kappa shape index (κ3) is 3.12. The van der Waals surface area contributed by atoms with E-state index in [1.807, 2.05) is 25.1 Å². The Morgan fingerprint density at radius 1 is 1.17 bits per heavy atom. The number of hydrogen-bond donors (Lipinski definition) is 0. The third-order valence-corrected chi connectivity index (χ3v) is 4.21. The first kappa shape index (κ1) is 13.6. The first-order valence-electron chi connectivity index (χ1n) is 5.54. The Morgan fingerprint density at radius 2 is 1.83 bits per heavy atom. The topological polar surface area (TPSA) is 22.1 Å². The van der Waals surface area contributed by atoms with E-state index in [1.54, 1.807) is 7.11 Å². The van der Waals surface area contributed by atoms with Crippen molar-refractivity contribution in [3.63, 3.8) is 0 Å². The Hall–Kier alpha value is -0.870. The van der Waals surface area contributed by atoms with Gasteiger partial charge in [0.05, 0.1) is 12.8 Å². The molecule has 0 N–H and O–H groups in total. The molecular formula is C14H13Br2NO. The van der Waals surface area contributed by atoms with E-state index in [0.717, 1.165) is 26.9 Å². The number of aryl methyl sites for hydroxylation is 1. The van der Waals surface area contributed by atoms with Crippen LogP contribution in [0.5, 0.6) is 5.75 Å². The van der Waals surface area contributed by atoms with Gasteiger partial charge < -0.3 is 4.74 Å². The Morgan fingerprint density at radius 3 is 2.44 bits per heavy atom. The van der Waals surface area contributed by atoms with Crippen LogP contribution in [0.1, 0.15) is 16.8 Å². The van der Waals surface area contributed by atoms with Crippen LogP contribution < -0.4 is 4.74 Å². The third-order valence-electron chi connectivity index (χ3n) is 2.72. The van der Waals surface area contributed by atoms with Crippen LogP contribution in [-0.2, 0) is 6.42 Å². The molecule has 2 aromatic rings. The normalized spacial score (nSPS) is 10.4. The number of benzene rings is 1. The molecule has 0 aliphatic rings. The van der Waals surface area contributed by atoms with Crippen molar-refractivity contribution in [3.05, 3.63) is 56.2 Å². The summed E-state index contributed by atoms with van der Waals surface area (Å²) in [7, 11) is 1.68. The molecule has 2 nitrogen and oxygen atoms in total. The molecule has 0 amide bonds. The van der Waals surface area contributed by atoms with Crippen LogP contribution >= 0.6 is 31.9 Å². The summed E-state index contributed by atoms with van der Waals surface area (Å²) in [5, 5.41) is 0. The zero-order valence-corrected chi connectivity index (χ0v) is 13.4. The average molecular weight is 371 g/mol. The Kier molecular flexibility index (Phi) is 4.40. The van der Waals surface area contributed by atoms with Gasteiger partial charge in [-0.05, 0) is 74.5 Å². The minimum absolute atomic E-state index is 0.867. The quantitative estimate of drug-likeness (QED) is 0.741. The summed E-state index contributed by atoms with van der Waals surface area (Å²) in [6, 6.07) is 10.2. The van der Waals surface area contributed by atoms with E-state index in [0.29, 0.717) is 0 Å². The maximum atomic E-state index is 5.15. The van der Waals surface area contributed by atoms with Gasteiger partial charge >= 0.3 is 0 Å². The monoisotopic (exact) mass is 369 g/mol. The van der Waals surface area contributed by atoms with Crippen LogP contribution in [0.2, 0.25) is 0 Å². The highest BCUT2D eigenvalue weighted by molar-refractivity contribution is 9.11. The van der Waals surface area contributed by atoms with Gasteiger partial charge in [-0.1, -0.05) is 12.1 Å². The molecule has 0 atom stereocenters. The summed E-state index contributed by atoms with van der Waals surface area (Å²) < 4.78 is 7.09. The predicted molar refractivity (Wildman–Crippen MR) is 80.2 cm³/mol. The highest BCUT2D eigenvalue weighted by Gasteiger charge is 2.07. The van der Waals surface area contributed by atoms with Crippen molar-refractivity contribution >= 4 is 31.9 Å². The predicted octanol–water partition coefficient (Wildman–Crippen LogP) is 4.51. The Balaban J connectivity index is 2.27. The fraction of sp³-hybridized carbons (Fsp3) is 0.214. The van der Waals surface area contributed by atoms with Crippen LogP contribution in [0, 0.1) is 6.92 Å².